The summed E-state index contributed by atoms with van der Waals surface area (Å²) in [6.07, 6.45) is -0.534. The SMILES string of the molecule is COc1ccc(OCC(O)CNC(C)C)c2ccccc12.Cl. The van der Waals surface area contributed by atoms with Gasteiger partial charge >= 0.3 is 0 Å². The van der Waals surface area contributed by atoms with E-state index in [-0.39, 0.29) is 19.0 Å². The van der Waals surface area contributed by atoms with Crippen LogP contribution in [0.1, 0.15) is 13.8 Å². The van der Waals surface area contributed by atoms with Gasteiger partial charge in [-0.05, 0) is 12.1 Å². The number of nitrogens with one attached hydrogen (secondary N) is 1. The topological polar surface area (TPSA) is 50.7 Å². The minimum atomic E-state index is -0.534. The Labute approximate surface area is 137 Å². The quantitative estimate of drug-likeness (QED) is 0.821. The summed E-state index contributed by atoms with van der Waals surface area (Å²) in [5.74, 6) is 1.58. The zero-order valence-electron chi connectivity index (χ0n) is 13.2. The summed E-state index contributed by atoms with van der Waals surface area (Å²) in [5.41, 5.74) is 0. The molecule has 0 aliphatic carbocycles. The third kappa shape index (κ3) is 4.77. The molecule has 0 aromatic heterocycles. The molecule has 0 bridgehead atoms. The highest BCUT2D eigenvalue weighted by Gasteiger charge is 2.10. The van der Waals surface area contributed by atoms with Crippen LogP contribution in [0.25, 0.3) is 10.8 Å². The lowest BCUT2D eigenvalue weighted by Crippen LogP contribution is -2.35. The molecule has 122 valence electrons. The Morgan fingerprint density at radius 1 is 1.05 bits per heavy atom. The van der Waals surface area contributed by atoms with Gasteiger partial charge in [-0.2, -0.15) is 0 Å². The molecule has 0 radical (unpaired) electrons. The van der Waals surface area contributed by atoms with Crippen molar-refractivity contribution in [2.24, 2.45) is 0 Å². The van der Waals surface area contributed by atoms with Gasteiger partial charge in [-0.25, -0.2) is 0 Å². The van der Waals surface area contributed by atoms with E-state index in [0.717, 1.165) is 22.3 Å². The van der Waals surface area contributed by atoms with Crippen molar-refractivity contribution in [3.05, 3.63) is 36.4 Å². The maximum atomic E-state index is 9.92. The first-order valence-corrected chi connectivity index (χ1v) is 7.21. The van der Waals surface area contributed by atoms with Gasteiger partial charge in [-0.1, -0.05) is 38.1 Å². The van der Waals surface area contributed by atoms with Gasteiger partial charge in [0.15, 0.2) is 0 Å². The number of halogens is 1. The third-order valence-electron chi connectivity index (χ3n) is 3.26. The number of benzene rings is 2. The first-order chi connectivity index (χ1) is 10.1. The Morgan fingerprint density at radius 3 is 2.23 bits per heavy atom. The third-order valence-corrected chi connectivity index (χ3v) is 3.26. The maximum Gasteiger partial charge on any atom is 0.127 e. The summed E-state index contributed by atoms with van der Waals surface area (Å²) in [7, 11) is 1.66. The zero-order valence-corrected chi connectivity index (χ0v) is 14.0. The number of fused-ring (bicyclic) bond motifs is 1. The highest BCUT2D eigenvalue weighted by molar-refractivity contribution is 5.93. The van der Waals surface area contributed by atoms with Gasteiger partial charge in [0.25, 0.3) is 0 Å². The molecule has 2 N–H and O–H groups in total. The second-order valence-corrected chi connectivity index (χ2v) is 5.34. The molecule has 2 aromatic carbocycles. The zero-order chi connectivity index (χ0) is 15.2. The number of hydrogen-bond donors (Lipinski definition) is 2. The molecule has 1 atom stereocenters. The Morgan fingerprint density at radius 2 is 1.64 bits per heavy atom. The smallest absolute Gasteiger partial charge is 0.127 e. The van der Waals surface area contributed by atoms with Crippen LogP contribution in [0, 0.1) is 0 Å². The van der Waals surface area contributed by atoms with Crippen LogP contribution in [-0.4, -0.2) is 37.5 Å². The molecule has 0 aliphatic heterocycles. The van der Waals surface area contributed by atoms with Crippen LogP contribution in [-0.2, 0) is 0 Å². The van der Waals surface area contributed by atoms with E-state index in [1.807, 2.05) is 50.2 Å². The van der Waals surface area contributed by atoms with Crippen LogP contribution in [0.4, 0.5) is 0 Å². The molecule has 0 saturated carbocycles. The highest BCUT2D eigenvalue weighted by atomic mass is 35.5. The minimum absolute atomic E-state index is 0. The molecule has 4 nitrogen and oxygen atoms in total. The standard InChI is InChI=1S/C17H23NO3.ClH/c1-12(2)18-10-13(19)11-21-17-9-8-16(20-3)14-6-4-5-7-15(14)17;/h4-9,12-13,18-19H,10-11H2,1-3H3;1H. The minimum Gasteiger partial charge on any atom is -0.496 e. The molecule has 0 saturated heterocycles. The molecular weight excluding hydrogens is 302 g/mol. The Hall–Kier alpha value is -1.49. The van der Waals surface area contributed by atoms with E-state index < -0.39 is 6.10 Å². The predicted octanol–water partition coefficient (Wildman–Crippen LogP) is 3.01. The van der Waals surface area contributed by atoms with Crippen LogP contribution in [0.2, 0.25) is 0 Å². The Kier molecular flexibility index (Phi) is 7.45. The van der Waals surface area contributed by atoms with E-state index >= 15 is 0 Å². The average molecular weight is 326 g/mol. The van der Waals surface area contributed by atoms with Crippen molar-refractivity contribution in [2.45, 2.75) is 26.0 Å². The molecule has 1 unspecified atom stereocenters. The van der Waals surface area contributed by atoms with Crippen molar-refractivity contribution in [3.63, 3.8) is 0 Å². The summed E-state index contributed by atoms with van der Waals surface area (Å²) in [6.45, 7) is 4.87. The fraction of sp³-hybridized carbons (Fsp3) is 0.412. The van der Waals surface area contributed by atoms with Gasteiger partial charge in [0.1, 0.15) is 24.2 Å². The van der Waals surface area contributed by atoms with Crippen LogP contribution in [0.5, 0.6) is 11.5 Å². The van der Waals surface area contributed by atoms with Crippen molar-refractivity contribution in [3.8, 4) is 11.5 Å². The Balaban J connectivity index is 0.00000242. The van der Waals surface area contributed by atoms with Crippen molar-refractivity contribution >= 4 is 23.2 Å². The van der Waals surface area contributed by atoms with Gasteiger partial charge in [-0.15, -0.1) is 12.4 Å². The van der Waals surface area contributed by atoms with Gasteiger partial charge in [0.05, 0.1) is 7.11 Å². The summed E-state index contributed by atoms with van der Waals surface area (Å²) in [5, 5.41) is 15.1. The summed E-state index contributed by atoms with van der Waals surface area (Å²) < 4.78 is 11.1. The predicted molar refractivity (Wildman–Crippen MR) is 92.4 cm³/mol. The molecule has 0 aliphatic rings. The van der Waals surface area contributed by atoms with Crippen molar-refractivity contribution in [1.29, 1.82) is 0 Å². The lowest BCUT2D eigenvalue weighted by atomic mass is 10.1. The van der Waals surface area contributed by atoms with Crippen molar-refractivity contribution in [2.75, 3.05) is 20.3 Å². The van der Waals surface area contributed by atoms with Gasteiger partial charge in [0.2, 0.25) is 0 Å². The molecule has 0 fully saturated rings. The van der Waals surface area contributed by atoms with Crippen molar-refractivity contribution < 1.29 is 14.6 Å². The number of hydrogen-bond acceptors (Lipinski definition) is 4. The monoisotopic (exact) mass is 325 g/mol. The molecule has 0 spiro atoms. The number of rotatable bonds is 7. The summed E-state index contributed by atoms with van der Waals surface area (Å²) >= 11 is 0. The molecule has 2 rings (SSSR count). The van der Waals surface area contributed by atoms with E-state index in [9.17, 15) is 5.11 Å². The second-order valence-electron chi connectivity index (χ2n) is 5.34. The molecule has 2 aromatic rings. The molecule has 5 heteroatoms. The van der Waals surface area contributed by atoms with E-state index in [2.05, 4.69) is 5.32 Å². The second kappa shape index (κ2) is 8.83. The molecule has 0 heterocycles. The number of methoxy groups -OCH3 is 1. The first kappa shape index (κ1) is 18.6. The first-order valence-electron chi connectivity index (χ1n) is 7.21. The number of ether oxygens (including phenoxy) is 2. The van der Waals surface area contributed by atoms with Crippen LogP contribution in [0.15, 0.2) is 36.4 Å². The number of aliphatic hydroxyl groups excluding tert-OH is 1. The maximum absolute atomic E-state index is 9.92. The lowest BCUT2D eigenvalue weighted by Gasteiger charge is -2.16. The number of aliphatic hydroxyl groups is 1. The summed E-state index contributed by atoms with van der Waals surface area (Å²) in [4.78, 5) is 0. The van der Waals surface area contributed by atoms with Gasteiger partial charge in [-0.3, -0.25) is 0 Å². The molecule has 22 heavy (non-hydrogen) atoms. The van der Waals surface area contributed by atoms with E-state index in [1.54, 1.807) is 7.11 Å². The fourth-order valence-corrected chi connectivity index (χ4v) is 2.16. The largest absolute Gasteiger partial charge is 0.496 e. The highest BCUT2D eigenvalue weighted by Crippen LogP contribution is 2.32. The van der Waals surface area contributed by atoms with E-state index in [4.69, 9.17) is 9.47 Å². The lowest BCUT2D eigenvalue weighted by molar-refractivity contribution is 0.105. The van der Waals surface area contributed by atoms with E-state index in [0.29, 0.717) is 12.6 Å². The summed E-state index contributed by atoms with van der Waals surface area (Å²) in [6, 6.07) is 12.0. The molecular formula is C17H24ClNO3. The van der Waals surface area contributed by atoms with Gasteiger partial charge < -0.3 is 19.9 Å². The van der Waals surface area contributed by atoms with Crippen LogP contribution >= 0.6 is 12.4 Å². The van der Waals surface area contributed by atoms with Gasteiger partial charge in [0, 0.05) is 23.4 Å². The Bertz CT molecular complexity index is 589. The normalized spacial score (nSPS) is 12.0. The van der Waals surface area contributed by atoms with Crippen LogP contribution < -0.4 is 14.8 Å². The average Bonchev–Trinajstić information content (AvgIpc) is 2.50. The molecule has 0 amide bonds. The van der Waals surface area contributed by atoms with Crippen molar-refractivity contribution in [1.82, 2.24) is 5.32 Å². The fourth-order valence-electron chi connectivity index (χ4n) is 2.16. The van der Waals surface area contributed by atoms with E-state index in [1.165, 1.54) is 0 Å². The van der Waals surface area contributed by atoms with Crippen LogP contribution in [0.3, 0.4) is 0 Å².